The summed E-state index contributed by atoms with van der Waals surface area (Å²) in [6.45, 7) is 0. The summed E-state index contributed by atoms with van der Waals surface area (Å²) in [6, 6.07) is 9.23. The zero-order valence-corrected chi connectivity index (χ0v) is 17.3. The first-order chi connectivity index (χ1) is 12.8. The number of carbonyl (C=O) groups excluding carboxylic acids is 1. The van der Waals surface area contributed by atoms with Crippen LogP contribution in [0.15, 0.2) is 35.9 Å². The minimum absolute atomic E-state index is 0.103. The third-order valence-electron chi connectivity index (χ3n) is 3.32. The highest BCUT2D eigenvalue weighted by Gasteiger charge is 2.20. The monoisotopic (exact) mass is 517 g/mol. The molecule has 0 bridgehead atoms. The molecule has 138 valence electrons. The molecule has 0 spiro atoms. The number of nitriles is 1. The Morgan fingerprint density at radius 3 is 2.70 bits per heavy atom. The zero-order valence-electron chi connectivity index (χ0n) is 13.6. The molecule has 0 saturated carbocycles. The summed E-state index contributed by atoms with van der Waals surface area (Å²) in [6.07, 6.45) is 1.24. The first kappa shape index (κ1) is 21.0. The Balaban J connectivity index is 2.41. The Kier molecular flexibility index (Phi) is 7.01. The molecule has 2 aromatic carbocycles. The van der Waals surface area contributed by atoms with Crippen LogP contribution in [0.25, 0.3) is 6.08 Å². The number of nitrogens with zero attached hydrogens (tertiary/aromatic N) is 2. The van der Waals surface area contributed by atoms with Gasteiger partial charge in [-0.1, -0.05) is 29.3 Å². The van der Waals surface area contributed by atoms with Crippen molar-refractivity contribution < 1.29 is 14.5 Å². The van der Waals surface area contributed by atoms with Gasteiger partial charge in [0.2, 0.25) is 5.75 Å². The van der Waals surface area contributed by atoms with E-state index in [0.717, 1.165) is 0 Å². The molecular formula is C17H10Cl2IN3O4. The maximum atomic E-state index is 12.4. The van der Waals surface area contributed by atoms with Crippen LogP contribution in [-0.4, -0.2) is 17.9 Å². The second kappa shape index (κ2) is 9.03. The van der Waals surface area contributed by atoms with Gasteiger partial charge in [-0.15, -0.1) is 0 Å². The topological polar surface area (TPSA) is 105 Å². The third kappa shape index (κ3) is 4.88. The predicted octanol–water partition coefficient (Wildman–Crippen LogP) is 5.06. The Hall–Kier alpha value is -2.35. The highest BCUT2D eigenvalue weighted by Crippen LogP contribution is 2.34. The van der Waals surface area contributed by atoms with Gasteiger partial charge in [0.15, 0.2) is 0 Å². The molecule has 0 heterocycles. The smallest absolute Gasteiger partial charge is 0.312 e. The van der Waals surface area contributed by atoms with Gasteiger partial charge in [0.05, 0.1) is 31.3 Å². The molecule has 2 aromatic rings. The summed E-state index contributed by atoms with van der Waals surface area (Å²) in [7, 11) is 1.32. The van der Waals surface area contributed by atoms with E-state index in [0.29, 0.717) is 9.13 Å². The summed E-state index contributed by atoms with van der Waals surface area (Å²) in [5.41, 5.74) is 0.00828. The van der Waals surface area contributed by atoms with Gasteiger partial charge in [-0.3, -0.25) is 14.9 Å². The van der Waals surface area contributed by atoms with Gasteiger partial charge in [0, 0.05) is 6.07 Å². The molecule has 0 saturated heterocycles. The van der Waals surface area contributed by atoms with Crippen molar-refractivity contribution in [3.05, 3.63) is 65.2 Å². The SMILES string of the molecule is COc1c(I)cc(/C=C(/C#N)C(=O)Nc2cccc(Cl)c2Cl)cc1[N+](=O)[O-]. The van der Waals surface area contributed by atoms with E-state index in [4.69, 9.17) is 27.9 Å². The maximum absolute atomic E-state index is 12.4. The van der Waals surface area contributed by atoms with E-state index in [9.17, 15) is 20.2 Å². The van der Waals surface area contributed by atoms with Crippen LogP contribution in [-0.2, 0) is 4.79 Å². The van der Waals surface area contributed by atoms with Crippen molar-refractivity contribution in [2.45, 2.75) is 0 Å². The molecule has 1 N–H and O–H groups in total. The van der Waals surface area contributed by atoms with Gasteiger partial charge in [0.1, 0.15) is 11.6 Å². The lowest BCUT2D eigenvalue weighted by Gasteiger charge is -2.08. The number of hydrogen-bond donors (Lipinski definition) is 1. The lowest BCUT2D eigenvalue weighted by molar-refractivity contribution is -0.385. The molecular weight excluding hydrogens is 508 g/mol. The number of halogens is 3. The van der Waals surface area contributed by atoms with Gasteiger partial charge in [-0.25, -0.2) is 0 Å². The van der Waals surface area contributed by atoms with Crippen molar-refractivity contribution in [1.82, 2.24) is 0 Å². The number of ether oxygens (including phenoxy) is 1. The number of anilines is 1. The largest absolute Gasteiger partial charge is 0.489 e. The number of hydrogen-bond acceptors (Lipinski definition) is 5. The Morgan fingerprint density at radius 2 is 2.11 bits per heavy atom. The molecule has 10 heteroatoms. The Labute approximate surface area is 177 Å². The van der Waals surface area contributed by atoms with E-state index in [-0.39, 0.29) is 32.7 Å². The number of nitrogens with one attached hydrogen (secondary N) is 1. The molecule has 0 aromatic heterocycles. The average Bonchev–Trinajstić information content (AvgIpc) is 2.62. The predicted molar refractivity (Wildman–Crippen MR) is 111 cm³/mol. The van der Waals surface area contributed by atoms with E-state index in [1.54, 1.807) is 24.3 Å². The fourth-order valence-corrected chi connectivity index (χ4v) is 3.33. The number of nitro groups is 1. The van der Waals surface area contributed by atoms with E-state index in [1.165, 1.54) is 25.3 Å². The summed E-state index contributed by atoms with van der Waals surface area (Å²) < 4.78 is 5.50. The normalized spacial score (nSPS) is 10.9. The number of benzene rings is 2. The first-order valence-corrected chi connectivity index (χ1v) is 9.01. The minimum Gasteiger partial charge on any atom is -0.489 e. The summed E-state index contributed by atoms with van der Waals surface area (Å²) in [5.74, 6) is -0.624. The summed E-state index contributed by atoms with van der Waals surface area (Å²) in [4.78, 5) is 23.0. The molecule has 0 unspecified atom stereocenters. The standard InChI is InChI=1S/C17H10Cl2IN3O4/c1-27-16-12(20)6-9(7-14(16)23(25)26)5-10(8-21)17(24)22-13-4-2-3-11(18)15(13)19/h2-7H,1H3,(H,22,24)/b10-5-. The molecule has 0 aliphatic carbocycles. The van der Waals surface area contributed by atoms with Crippen LogP contribution in [0.1, 0.15) is 5.56 Å². The van der Waals surface area contributed by atoms with Gasteiger partial charge in [0.25, 0.3) is 5.91 Å². The van der Waals surface area contributed by atoms with E-state index in [1.807, 2.05) is 22.6 Å². The molecule has 1 amide bonds. The van der Waals surface area contributed by atoms with E-state index >= 15 is 0 Å². The molecule has 0 aliphatic heterocycles. The van der Waals surface area contributed by atoms with Crippen molar-refractivity contribution >= 4 is 69.2 Å². The van der Waals surface area contributed by atoms with E-state index in [2.05, 4.69) is 5.32 Å². The maximum Gasteiger partial charge on any atom is 0.312 e. The minimum atomic E-state index is -0.727. The third-order valence-corrected chi connectivity index (χ3v) is 4.94. The molecule has 27 heavy (non-hydrogen) atoms. The highest BCUT2D eigenvalue weighted by molar-refractivity contribution is 14.1. The fourth-order valence-electron chi connectivity index (χ4n) is 2.13. The molecule has 0 fully saturated rings. The number of rotatable bonds is 5. The van der Waals surface area contributed by atoms with Crippen molar-refractivity contribution in [3.8, 4) is 11.8 Å². The van der Waals surface area contributed by atoms with Crippen LogP contribution in [0.3, 0.4) is 0 Å². The zero-order chi connectivity index (χ0) is 20.1. The number of methoxy groups -OCH3 is 1. The van der Waals surface area contributed by atoms with Crippen molar-refractivity contribution in [1.29, 1.82) is 5.26 Å². The number of nitro benzene ring substituents is 1. The van der Waals surface area contributed by atoms with Gasteiger partial charge >= 0.3 is 5.69 Å². The van der Waals surface area contributed by atoms with Crippen LogP contribution in [0.2, 0.25) is 10.0 Å². The molecule has 0 radical (unpaired) electrons. The summed E-state index contributed by atoms with van der Waals surface area (Å²) >= 11 is 13.8. The van der Waals surface area contributed by atoms with Crippen LogP contribution < -0.4 is 10.1 Å². The first-order valence-electron chi connectivity index (χ1n) is 7.17. The van der Waals surface area contributed by atoms with Crippen molar-refractivity contribution in [2.75, 3.05) is 12.4 Å². The van der Waals surface area contributed by atoms with Gasteiger partial charge < -0.3 is 10.1 Å². The highest BCUT2D eigenvalue weighted by atomic mass is 127. The van der Waals surface area contributed by atoms with E-state index < -0.39 is 10.8 Å². The number of carbonyl (C=O) groups is 1. The van der Waals surface area contributed by atoms with Crippen LogP contribution in [0, 0.1) is 25.0 Å². The Morgan fingerprint density at radius 1 is 1.41 bits per heavy atom. The number of amides is 1. The van der Waals surface area contributed by atoms with Crippen molar-refractivity contribution in [3.63, 3.8) is 0 Å². The van der Waals surface area contributed by atoms with Crippen LogP contribution >= 0.6 is 45.8 Å². The Bertz CT molecular complexity index is 1000. The summed E-state index contributed by atoms with van der Waals surface area (Å²) in [5, 5.41) is 23.4. The fraction of sp³-hybridized carbons (Fsp3) is 0.0588. The van der Waals surface area contributed by atoms with Gasteiger partial charge in [-0.2, -0.15) is 5.26 Å². The van der Waals surface area contributed by atoms with Crippen LogP contribution in [0.5, 0.6) is 5.75 Å². The molecule has 0 aliphatic rings. The lowest BCUT2D eigenvalue weighted by atomic mass is 10.1. The molecule has 2 rings (SSSR count). The molecule has 7 nitrogen and oxygen atoms in total. The molecule has 0 atom stereocenters. The second-order valence-corrected chi connectivity index (χ2v) is 6.98. The van der Waals surface area contributed by atoms with Crippen molar-refractivity contribution in [2.24, 2.45) is 0 Å². The van der Waals surface area contributed by atoms with Gasteiger partial charge in [-0.05, 0) is 52.4 Å². The lowest BCUT2D eigenvalue weighted by Crippen LogP contribution is -2.13. The second-order valence-electron chi connectivity index (χ2n) is 5.04. The average molecular weight is 518 g/mol. The quantitative estimate of drug-likeness (QED) is 0.196. The van der Waals surface area contributed by atoms with Crippen LogP contribution in [0.4, 0.5) is 11.4 Å².